The first-order chi connectivity index (χ1) is 14.2. The molecule has 1 amide bonds. The highest BCUT2D eigenvalue weighted by molar-refractivity contribution is 8.26. The molecule has 1 aliphatic heterocycles. The number of non-ortho nitro benzene ring substituents is 1. The first kappa shape index (κ1) is 21.2. The van der Waals surface area contributed by atoms with Crippen molar-refractivity contribution in [2.45, 2.75) is 12.5 Å². The van der Waals surface area contributed by atoms with E-state index in [1.54, 1.807) is 12.1 Å². The minimum absolute atomic E-state index is 0.0363. The number of carbonyl (C=O) groups excluding carboxylic acids is 3. The number of furan rings is 1. The van der Waals surface area contributed by atoms with Gasteiger partial charge in [0.15, 0.2) is 0 Å². The summed E-state index contributed by atoms with van der Waals surface area (Å²) >= 11 is 5.80. The average Bonchev–Trinajstić information content (AvgIpc) is 3.25. The summed E-state index contributed by atoms with van der Waals surface area (Å²) in [4.78, 5) is 45.5. The van der Waals surface area contributed by atoms with Crippen LogP contribution in [-0.2, 0) is 14.4 Å². The lowest BCUT2D eigenvalue weighted by molar-refractivity contribution is -0.384. The molecule has 1 fully saturated rings. The summed E-state index contributed by atoms with van der Waals surface area (Å²) < 4.78 is 5.48. The lowest BCUT2D eigenvalue weighted by Gasteiger charge is -2.27. The molecule has 1 aromatic carbocycles. The van der Waals surface area contributed by atoms with Gasteiger partial charge in [0.2, 0.25) is 0 Å². The Morgan fingerprint density at radius 2 is 1.87 bits per heavy atom. The van der Waals surface area contributed by atoms with Gasteiger partial charge in [-0.2, -0.15) is 0 Å². The van der Waals surface area contributed by atoms with Gasteiger partial charge in [-0.25, -0.2) is 0 Å². The van der Waals surface area contributed by atoms with E-state index in [4.69, 9.17) is 16.6 Å². The van der Waals surface area contributed by atoms with Gasteiger partial charge < -0.3 is 24.2 Å². The Morgan fingerprint density at radius 3 is 2.43 bits per heavy atom. The number of hydrogen-bond acceptors (Lipinski definition) is 10. The fourth-order valence-corrected chi connectivity index (χ4v) is 3.99. The number of carbonyl (C=O) groups is 3. The lowest BCUT2D eigenvalue weighted by Crippen LogP contribution is -2.52. The zero-order valence-electron chi connectivity index (χ0n) is 14.8. The summed E-state index contributed by atoms with van der Waals surface area (Å²) in [5, 5.41) is 32.8. The van der Waals surface area contributed by atoms with Gasteiger partial charge in [0.05, 0.1) is 21.8 Å². The SMILES string of the molecule is O=C([O-])C[C@@H](C(=O)[O-])N1C(=O)/C(=C/c2ccc(-c3ccc([N+](=O)[O-])cc3)o2)SC1=S. The van der Waals surface area contributed by atoms with E-state index in [2.05, 4.69) is 0 Å². The topological polar surface area (TPSA) is 157 Å². The first-order valence-corrected chi connectivity index (χ1v) is 9.42. The number of aliphatic carboxylic acids is 2. The second-order valence-electron chi connectivity index (χ2n) is 5.97. The number of nitro benzene ring substituents is 1. The van der Waals surface area contributed by atoms with Crippen molar-refractivity contribution in [1.82, 2.24) is 4.90 Å². The fraction of sp³-hybridized carbons (Fsp3) is 0.111. The van der Waals surface area contributed by atoms with E-state index in [1.165, 1.54) is 30.3 Å². The van der Waals surface area contributed by atoms with Gasteiger partial charge in [0, 0.05) is 36.2 Å². The highest BCUT2D eigenvalue weighted by Crippen LogP contribution is 2.35. The van der Waals surface area contributed by atoms with Crippen molar-refractivity contribution in [3.05, 3.63) is 57.2 Å². The highest BCUT2D eigenvalue weighted by Gasteiger charge is 2.38. The zero-order chi connectivity index (χ0) is 22.0. The van der Waals surface area contributed by atoms with Crippen molar-refractivity contribution in [3.63, 3.8) is 0 Å². The predicted molar refractivity (Wildman–Crippen MR) is 104 cm³/mol. The maximum atomic E-state index is 12.6. The summed E-state index contributed by atoms with van der Waals surface area (Å²) in [6, 6.07) is 6.99. The third kappa shape index (κ3) is 4.39. The molecular formula is C18H10N2O8S2-2. The Balaban J connectivity index is 1.83. The molecule has 2 heterocycles. The Bertz CT molecular complexity index is 1090. The summed E-state index contributed by atoms with van der Waals surface area (Å²) in [7, 11) is 0. The number of rotatable bonds is 7. The molecule has 30 heavy (non-hydrogen) atoms. The van der Waals surface area contributed by atoms with Crippen LogP contribution in [0.3, 0.4) is 0 Å². The monoisotopic (exact) mass is 446 g/mol. The van der Waals surface area contributed by atoms with Gasteiger partial charge in [0.25, 0.3) is 11.6 Å². The van der Waals surface area contributed by atoms with E-state index in [0.29, 0.717) is 16.2 Å². The molecule has 10 nitrogen and oxygen atoms in total. The Morgan fingerprint density at radius 1 is 1.20 bits per heavy atom. The van der Waals surface area contributed by atoms with Crippen molar-refractivity contribution < 1.29 is 33.9 Å². The second kappa shape index (κ2) is 8.47. The van der Waals surface area contributed by atoms with Gasteiger partial charge in [-0.3, -0.25) is 19.8 Å². The number of benzene rings is 1. The van der Waals surface area contributed by atoms with Crippen LogP contribution in [0.25, 0.3) is 17.4 Å². The van der Waals surface area contributed by atoms with Crippen LogP contribution >= 0.6 is 24.0 Å². The molecule has 1 aliphatic rings. The largest absolute Gasteiger partial charge is 0.550 e. The van der Waals surface area contributed by atoms with Crippen molar-refractivity contribution >= 4 is 57.9 Å². The molecule has 0 bridgehead atoms. The summed E-state index contributed by atoms with van der Waals surface area (Å²) in [6.07, 6.45) is 0.368. The number of thiocarbonyl (C=S) groups is 1. The van der Waals surface area contributed by atoms with Crippen molar-refractivity contribution in [1.29, 1.82) is 0 Å². The summed E-state index contributed by atoms with van der Waals surface area (Å²) in [5.74, 6) is -3.60. The van der Waals surface area contributed by atoms with E-state index in [-0.39, 0.29) is 20.7 Å². The van der Waals surface area contributed by atoms with Crippen LogP contribution in [0.5, 0.6) is 0 Å². The third-order valence-electron chi connectivity index (χ3n) is 4.03. The number of carboxylic acid groups (broad SMARTS) is 2. The van der Waals surface area contributed by atoms with E-state index >= 15 is 0 Å². The highest BCUT2D eigenvalue weighted by atomic mass is 32.2. The molecule has 3 rings (SSSR count). The minimum atomic E-state index is -1.79. The van der Waals surface area contributed by atoms with Crippen LogP contribution in [0.4, 0.5) is 5.69 Å². The van der Waals surface area contributed by atoms with Crippen LogP contribution < -0.4 is 10.2 Å². The summed E-state index contributed by atoms with van der Waals surface area (Å²) in [5.41, 5.74) is 0.493. The van der Waals surface area contributed by atoms with Crippen molar-refractivity contribution in [3.8, 4) is 11.3 Å². The number of nitro groups is 1. The first-order valence-electron chi connectivity index (χ1n) is 8.20. The van der Waals surface area contributed by atoms with E-state index in [0.717, 1.165) is 11.8 Å². The standard InChI is InChI=1S/C18H12N2O8S2/c21-15(22)8-12(17(24)25)19-16(23)14(30-18(19)29)7-11-5-6-13(28-11)9-1-3-10(4-2-9)20(26)27/h1-7,12H,8H2,(H,21,22)(H,24,25)/p-2/b14-7-/t12-/m0/s1. The number of hydrogen-bond donors (Lipinski definition) is 0. The quantitative estimate of drug-likeness (QED) is 0.251. The zero-order valence-corrected chi connectivity index (χ0v) is 16.4. The van der Waals surface area contributed by atoms with E-state index in [1.807, 2.05) is 0 Å². The minimum Gasteiger partial charge on any atom is -0.550 e. The normalized spacial score (nSPS) is 16.1. The van der Waals surface area contributed by atoms with Crippen molar-refractivity contribution in [2.24, 2.45) is 0 Å². The van der Waals surface area contributed by atoms with Gasteiger partial charge in [0.1, 0.15) is 15.8 Å². The molecule has 0 unspecified atom stereocenters. The number of carboxylic acids is 2. The van der Waals surface area contributed by atoms with Crippen LogP contribution in [0.1, 0.15) is 12.2 Å². The molecule has 12 heteroatoms. The number of nitrogens with zero attached hydrogens (tertiary/aromatic N) is 2. The maximum absolute atomic E-state index is 12.6. The molecule has 0 saturated carbocycles. The van der Waals surface area contributed by atoms with Crippen LogP contribution in [0.2, 0.25) is 0 Å². The maximum Gasteiger partial charge on any atom is 0.269 e. The van der Waals surface area contributed by atoms with Gasteiger partial charge in [-0.15, -0.1) is 0 Å². The fourth-order valence-electron chi connectivity index (χ4n) is 2.65. The average molecular weight is 446 g/mol. The number of amides is 1. The smallest absolute Gasteiger partial charge is 0.269 e. The van der Waals surface area contributed by atoms with Crippen LogP contribution in [0, 0.1) is 10.1 Å². The molecular weight excluding hydrogens is 436 g/mol. The van der Waals surface area contributed by atoms with E-state index in [9.17, 15) is 34.7 Å². The molecule has 1 atom stereocenters. The van der Waals surface area contributed by atoms with Gasteiger partial charge in [-0.05, 0) is 24.3 Å². The van der Waals surface area contributed by atoms with Crippen LogP contribution in [0.15, 0.2) is 45.7 Å². The molecule has 0 radical (unpaired) electrons. The Kier molecular flexibility index (Phi) is 5.99. The lowest BCUT2D eigenvalue weighted by atomic mass is 10.1. The number of thioether (sulfide) groups is 1. The van der Waals surface area contributed by atoms with Crippen molar-refractivity contribution in [2.75, 3.05) is 0 Å². The third-order valence-corrected chi connectivity index (χ3v) is 5.36. The van der Waals surface area contributed by atoms with Gasteiger partial charge in [-0.1, -0.05) is 24.0 Å². The Labute approximate surface area is 177 Å². The molecule has 1 saturated heterocycles. The molecule has 1 aromatic heterocycles. The molecule has 0 aliphatic carbocycles. The summed E-state index contributed by atoms with van der Waals surface area (Å²) in [6.45, 7) is 0. The van der Waals surface area contributed by atoms with Gasteiger partial charge >= 0.3 is 0 Å². The van der Waals surface area contributed by atoms with E-state index < -0.39 is 35.2 Å². The van der Waals surface area contributed by atoms with Crippen LogP contribution in [-0.4, -0.2) is 38.0 Å². The second-order valence-corrected chi connectivity index (χ2v) is 7.64. The molecule has 2 aromatic rings. The molecule has 0 spiro atoms. The Hall–Kier alpha value is -3.51. The predicted octanol–water partition coefficient (Wildman–Crippen LogP) is 0.315. The molecule has 154 valence electrons. The molecule has 0 N–H and O–H groups in total.